The standard InChI is InChI=1S/C16H17NO2/c1-3-4-10-17(11-13-8-6-5-7-9-13)14-12(2)15(18)16(14)19/h3,5-9H,1,4,10-11H2,2H3. The van der Waals surface area contributed by atoms with Crippen molar-refractivity contribution in [3.8, 4) is 0 Å². The van der Waals surface area contributed by atoms with Crippen molar-refractivity contribution < 1.29 is 0 Å². The molecule has 3 nitrogen and oxygen atoms in total. The molecule has 0 unspecified atom stereocenters. The number of hydrogen-bond donors (Lipinski definition) is 0. The van der Waals surface area contributed by atoms with Crippen LogP contribution in [0.3, 0.4) is 0 Å². The fourth-order valence-corrected chi connectivity index (χ4v) is 2.19. The molecule has 0 aliphatic heterocycles. The minimum atomic E-state index is -0.363. The second kappa shape index (κ2) is 5.65. The van der Waals surface area contributed by atoms with E-state index in [0.29, 0.717) is 24.3 Å². The van der Waals surface area contributed by atoms with Crippen molar-refractivity contribution in [3.05, 3.63) is 74.6 Å². The maximum atomic E-state index is 11.7. The molecule has 0 radical (unpaired) electrons. The second-order valence-electron chi connectivity index (χ2n) is 4.62. The summed E-state index contributed by atoms with van der Waals surface area (Å²) >= 11 is 0. The molecule has 0 saturated heterocycles. The highest BCUT2D eigenvalue weighted by Gasteiger charge is 2.22. The highest BCUT2D eigenvalue weighted by molar-refractivity contribution is 5.58. The van der Waals surface area contributed by atoms with Gasteiger partial charge in [0.15, 0.2) is 0 Å². The van der Waals surface area contributed by atoms with Crippen molar-refractivity contribution in [2.75, 3.05) is 11.4 Å². The Kier molecular flexibility index (Phi) is 3.95. The van der Waals surface area contributed by atoms with Gasteiger partial charge in [-0.1, -0.05) is 36.4 Å². The molecule has 0 amide bonds. The fourth-order valence-electron chi connectivity index (χ4n) is 2.19. The summed E-state index contributed by atoms with van der Waals surface area (Å²) in [6.07, 6.45) is 2.60. The van der Waals surface area contributed by atoms with Crippen molar-refractivity contribution in [3.63, 3.8) is 0 Å². The first-order valence-corrected chi connectivity index (χ1v) is 6.35. The van der Waals surface area contributed by atoms with Crippen LogP contribution in [-0.4, -0.2) is 6.54 Å². The van der Waals surface area contributed by atoms with Gasteiger partial charge in [-0.15, -0.1) is 6.58 Å². The lowest BCUT2D eigenvalue weighted by atomic mass is 10.1. The maximum Gasteiger partial charge on any atom is 0.249 e. The van der Waals surface area contributed by atoms with Crippen LogP contribution in [0.25, 0.3) is 0 Å². The lowest BCUT2D eigenvalue weighted by Crippen LogP contribution is -2.42. The molecular weight excluding hydrogens is 238 g/mol. The van der Waals surface area contributed by atoms with E-state index in [0.717, 1.165) is 12.0 Å². The van der Waals surface area contributed by atoms with Gasteiger partial charge < -0.3 is 4.90 Å². The first-order valence-electron chi connectivity index (χ1n) is 6.35. The van der Waals surface area contributed by atoms with Gasteiger partial charge >= 0.3 is 0 Å². The van der Waals surface area contributed by atoms with Crippen LogP contribution in [0.4, 0.5) is 5.69 Å². The minimum absolute atomic E-state index is 0.355. The number of hydrogen-bond acceptors (Lipinski definition) is 3. The van der Waals surface area contributed by atoms with Gasteiger partial charge in [0.25, 0.3) is 0 Å². The normalized spacial score (nSPS) is 10.6. The SMILES string of the molecule is C=CCCN(Cc1ccccc1)c1c(C)c(=O)c1=O. The van der Waals surface area contributed by atoms with E-state index in [2.05, 4.69) is 6.58 Å². The summed E-state index contributed by atoms with van der Waals surface area (Å²) in [4.78, 5) is 25.0. The van der Waals surface area contributed by atoms with Crippen LogP contribution in [0, 0.1) is 6.92 Å². The Bertz CT molecular complexity index is 636. The molecule has 0 aliphatic rings. The molecule has 0 atom stereocenters. The predicted molar refractivity (Wildman–Crippen MR) is 78.4 cm³/mol. The summed E-state index contributed by atoms with van der Waals surface area (Å²) < 4.78 is 0. The van der Waals surface area contributed by atoms with Gasteiger partial charge in [-0.3, -0.25) is 9.59 Å². The minimum Gasteiger partial charge on any atom is -0.363 e. The van der Waals surface area contributed by atoms with E-state index in [1.165, 1.54) is 0 Å². The first-order chi connectivity index (χ1) is 9.15. The monoisotopic (exact) mass is 255 g/mol. The third-order valence-electron chi connectivity index (χ3n) is 3.25. The molecule has 0 aromatic heterocycles. The largest absolute Gasteiger partial charge is 0.363 e. The van der Waals surface area contributed by atoms with Crippen molar-refractivity contribution in [2.24, 2.45) is 0 Å². The summed E-state index contributed by atoms with van der Waals surface area (Å²) in [6.45, 7) is 6.75. The van der Waals surface area contributed by atoms with Gasteiger partial charge in [0.1, 0.15) is 0 Å². The Morgan fingerprint density at radius 2 is 1.84 bits per heavy atom. The number of nitrogens with zero attached hydrogens (tertiary/aromatic N) is 1. The highest BCUT2D eigenvalue weighted by atomic mass is 16.2. The van der Waals surface area contributed by atoms with Crippen LogP contribution >= 0.6 is 0 Å². The van der Waals surface area contributed by atoms with Gasteiger partial charge in [-0.05, 0) is 18.9 Å². The van der Waals surface area contributed by atoms with Crippen LogP contribution in [0.1, 0.15) is 17.5 Å². The van der Waals surface area contributed by atoms with Crippen LogP contribution in [0.5, 0.6) is 0 Å². The van der Waals surface area contributed by atoms with Crippen molar-refractivity contribution >= 4 is 5.69 Å². The lowest BCUT2D eigenvalue weighted by Gasteiger charge is -2.26. The van der Waals surface area contributed by atoms with E-state index < -0.39 is 0 Å². The molecule has 0 aliphatic carbocycles. The first kappa shape index (κ1) is 13.3. The maximum absolute atomic E-state index is 11.7. The summed E-state index contributed by atoms with van der Waals surface area (Å²) in [5.41, 5.74) is 1.55. The Balaban J connectivity index is 2.24. The van der Waals surface area contributed by atoms with Crippen LogP contribution in [0.2, 0.25) is 0 Å². The Labute approximate surface area is 112 Å². The zero-order valence-corrected chi connectivity index (χ0v) is 11.1. The third-order valence-corrected chi connectivity index (χ3v) is 3.25. The Morgan fingerprint density at radius 3 is 2.42 bits per heavy atom. The molecular formula is C16H17NO2. The number of anilines is 1. The second-order valence-corrected chi connectivity index (χ2v) is 4.62. The highest BCUT2D eigenvalue weighted by Crippen LogP contribution is 2.17. The molecule has 0 N–H and O–H groups in total. The predicted octanol–water partition coefficient (Wildman–Crippen LogP) is 2.17. The van der Waals surface area contributed by atoms with Gasteiger partial charge in [0.2, 0.25) is 10.9 Å². The molecule has 3 heteroatoms. The van der Waals surface area contributed by atoms with Crippen LogP contribution < -0.4 is 15.8 Å². The van der Waals surface area contributed by atoms with Crippen molar-refractivity contribution in [1.82, 2.24) is 0 Å². The Hall–Kier alpha value is -2.16. The van der Waals surface area contributed by atoms with Crippen molar-refractivity contribution in [2.45, 2.75) is 19.9 Å². The van der Waals surface area contributed by atoms with Crippen molar-refractivity contribution in [1.29, 1.82) is 0 Å². The average molecular weight is 255 g/mol. The summed E-state index contributed by atoms with van der Waals surface area (Å²) in [5, 5.41) is 0. The van der Waals surface area contributed by atoms with Gasteiger partial charge in [0.05, 0.1) is 5.69 Å². The van der Waals surface area contributed by atoms with Gasteiger partial charge in [-0.2, -0.15) is 0 Å². The average Bonchev–Trinajstić information content (AvgIpc) is 2.45. The summed E-state index contributed by atoms with van der Waals surface area (Å²) in [5.74, 6) is 0. The lowest BCUT2D eigenvalue weighted by molar-refractivity contribution is 0.781. The topological polar surface area (TPSA) is 37.4 Å². The number of benzene rings is 1. The van der Waals surface area contributed by atoms with Gasteiger partial charge in [0, 0.05) is 18.7 Å². The van der Waals surface area contributed by atoms with E-state index in [-0.39, 0.29) is 10.9 Å². The van der Waals surface area contributed by atoms with Gasteiger partial charge in [-0.25, -0.2) is 0 Å². The quantitative estimate of drug-likeness (QED) is 0.586. The molecule has 2 aromatic rings. The third kappa shape index (κ3) is 2.65. The molecule has 2 rings (SSSR count). The molecule has 0 bridgehead atoms. The molecule has 2 aromatic carbocycles. The molecule has 0 fully saturated rings. The molecule has 0 heterocycles. The summed E-state index contributed by atoms with van der Waals surface area (Å²) in [7, 11) is 0. The molecule has 0 spiro atoms. The number of rotatable bonds is 6. The van der Waals surface area contributed by atoms with Crippen LogP contribution in [0.15, 0.2) is 52.6 Å². The van der Waals surface area contributed by atoms with E-state index in [1.807, 2.05) is 41.3 Å². The molecule has 0 saturated carbocycles. The Morgan fingerprint density at radius 1 is 1.16 bits per heavy atom. The van der Waals surface area contributed by atoms with E-state index in [9.17, 15) is 9.59 Å². The molecule has 19 heavy (non-hydrogen) atoms. The molecule has 98 valence electrons. The summed E-state index contributed by atoms with van der Waals surface area (Å²) in [6, 6.07) is 9.93. The zero-order chi connectivity index (χ0) is 13.8. The van der Waals surface area contributed by atoms with E-state index in [4.69, 9.17) is 0 Å². The zero-order valence-electron chi connectivity index (χ0n) is 11.1. The fraction of sp³-hybridized carbons (Fsp3) is 0.250. The van der Waals surface area contributed by atoms with E-state index in [1.54, 1.807) is 6.92 Å². The smallest absolute Gasteiger partial charge is 0.249 e. The van der Waals surface area contributed by atoms with Crippen LogP contribution in [-0.2, 0) is 6.54 Å². The van der Waals surface area contributed by atoms with E-state index >= 15 is 0 Å².